The van der Waals surface area contributed by atoms with E-state index in [9.17, 15) is 14.7 Å². The van der Waals surface area contributed by atoms with Crippen LogP contribution in [0, 0.1) is 0 Å². The van der Waals surface area contributed by atoms with E-state index in [1.807, 2.05) is 30.3 Å². The van der Waals surface area contributed by atoms with Crippen LogP contribution in [0.3, 0.4) is 0 Å². The first-order chi connectivity index (χ1) is 9.61. The second kappa shape index (κ2) is 6.19. The van der Waals surface area contributed by atoms with Crippen molar-refractivity contribution < 1.29 is 14.7 Å². The maximum Gasteiger partial charge on any atom is 0.326 e. The predicted octanol–water partition coefficient (Wildman–Crippen LogP) is 2.46. The van der Waals surface area contributed by atoms with Crippen molar-refractivity contribution in [3.8, 4) is 0 Å². The Kier molecular flexibility index (Phi) is 4.35. The van der Waals surface area contributed by atoms with Crippen LogP contribution in [0.25, 0.3) is 6.08 Å². The molecular formula is C16H17NO3. The van der Waals surface area contributed by atoms with E-state index in [0.29, 0.717) is 6.54 Å². The van der Waals surface area contributed by atoms with E-state index in [1.54, 1.807) is 11.1 Å². The summed E-state index contributed by atoms with van der Waals surface area (Å²) in [6, 6.07) is 7.19. The summed E-state index contributed by atoms with van der Waals surface area (Å²) in [5.41, 5.74) is 2.20. The average molecular weight is 271 g/mol. The molecule has 4 nitrogen and oxygen atoms in total. The Morgan fingerprint density at radius 1 is 1.40 bits per heavy atom. The summed E-state index contributed by atoms with van der Waals surface area (Å²) in [4.78, 5) is 24.4. The standard InChI is InChI=1S/C16H17NO3/c1-2-14(18)7-8-15(16(19)20)17-10-9-12-5-3-4-6-13(12)11-17/h2-6,9-10,15H,1,7-8,11H2,(H,19,20). The van der Waals surface area contributed by atoms with E-state index >= 15 is 0 Å². The number of aliphatic carboxylic acids is 1. The maximum atomic E-state index is 11.4. The van der Waals surface area contributed by atoms with Gasteiger partial charge in [0.2, 0.25) is 0 Å². The number of carboxylic acids is 1. The van der Waals surface area contributed by atoms with E-state index in [1.165, 1.54) is 6.08 Å². The molecule has 20 heavy (non-hydrogen) atoms. The van der Waals surface area contributed by atoms with Gasteiger partial charge in [0.15, 0.2) is 5.78 Å². The van der Waals surface area contributed by atoms with Gasteiger partial charge in [0.25, 0.3) is 0 Å². The van der Waals surface area contributed by atoms with Gasteiger partial charge in [-0.25, -0.2) is 4.79 Å². The number of fused-ring (bicyclic) bond motifs is 1. The molecule has 0 bridgehead atoms. The lowest BCUT2D eigenvalue weighted by molar-refractivity contribution is -0.142. The van der Waals surface area contributed by atoms with Crippen molar-refractivity contribution in [2.75, 3.05) is 0 Å². The Bertz CT molecular complexity index is 563. The Morgan fingerprint density at radius 3 is 2.85 bits per heavy atom. The average Bonchev–Trinajstić information content (AvgIpc) is 2.46. The molecule has 1 aliphatic heterocycles. The first-order valence-electron chi connectivity index (χ1n) is 6.51. The fourth-order valence-electron chi connectivity index (χ4n) is 2.29. The summed E-state index contributed by atoms with van der Waals surface area (Å²) in [5.74, 6) is -1.04. The van der Waals surface area contributed by atoms with Crippen LogP contribution in [-0.4, -0.2) is 27.8 Å². The minimum Gasteiger partial charge on any atom is -0.480 e. The van der Waals surface area contributed by atoms with Crippen molar-refractivity contribution >= 4 is 17.8 Å². The summed E-state index contributed by atoms with van der Waals surface area (Å²) in [7, 11) is 0. The molecule has 0 saturated heterocycles. The minimum absolute atomic E-state index is 0.127. The highest BCUT2D eigenvalue weighted by atomic mass is 16.4. The van der Waals surface area contributed by atoms with Gasteiger partial charge >= 0.3 is 5.97 Å². The molecule has 0 radical (unpaired) electrons. The number of hydrogen-bond acceptors (Lipinski definition) is 3. The van der Waals surface area contributed by atoms with Crippen molar-refractivity contribution in [3.63, 3.8) is 0 Å². The molecule has 0 amide bonds. The number of carbonyl (C=O) groups excluding carboxylic acids is 1. The van der Waals surface area contributed by atoms with Crippen molar-refractivity contribution in [2.45, 2.75) is 25.4 Å². The molecule has 1 unspecified atom stereocenters. The van der Waals surface area contributed by atoms with Crippen LogP contribution in [0.4, 0.5) is 0 Å². The third kappa shape index (κ3) is 3.15. The number of benzene rings is 1. The van der Waals surface area contributed by atoms with Crippen LogP contribution in [0.15, 0.2) is 43.1 Å². The number of ketones is 1. The number of nitrogens with zero attached hydrogens (tertiary/aromatic N) is 1. The van der Waals surface area contributed by atoms with Crippen LogP contribution in [-0.2, 0) is 16.1 Å². The molecular weight excluding hydrogens is 254 g/mol. The smallest absolute Gasteiger partial charge is 0.326 e. The summed E-state index contributed by atoms with van der Waals surface area (Å²) in [6.07, 6.45) is 5.42. The highest BCUT2D eigenvalue weighted by Crippen LogP contribution is 2.22. The van der Waals surface area contributed by atoms with E-state index in [4.69, 9.17) is 0 Å². The zero-order valence-corrected chi connectivity index (χ0v) is 11.2. The third-order valence-corrected chi connectivity index (χ3v) is 3.43. The number of carboxylic acid groups (broad SMARTS) is 1. The van der Waals surface area contributed by atoms with Gasteiger partial charge in [0.05, 0.1) is 0 Å². The fraction of sp³-hybridized carbons (Fsp3) is 0.250. The van der Waals surface area contributed by atoms with E-state index in [2.05, 4.69) is 6.58 Å². The lowest BCUT2D eigenvalue weighted by Gasteiger charge is -2.30. The molecule has 1 atom stereocenters. The zero-order chi connectivity index (χ0) is 14.5. The largest absolute Gasteiger partial charge is 0.480 e. The number of hydrogen-bond donors (Lipinski definition) is 1. The number of carbonyl (C=O) groups is 2. The van der Waals surface area contributed by atoms with E-state index in [0.717, 1.165) is 11.1 Å². The molecule has 104 valence electrons. The maximum absolute atomic E-state index is 11.4. The monoisotopic (exact) mass is 271 g/mol. The second-order valence-corrected chi connectivity index (χ2v) is 4.75. The van der Waals surface area contributed by atoms with E-state index in [-0.39, 0.29) is 18.6 Å². The Morgan fingerprint density at radius 2 is 2.15 bits per heavy atom. The molecule has 1 N–H and O–H groups in total. The van der Waals surface area contributed by atoms with Crippen LogP contribution >= 0.6 is 0 Å². The summed E-state index contributed by atoms with van der Waals surface area (Å²) >= 11 is 0. The van der Waals surface area contributed by atoms with Crippen molar-refractivity contribution in [1.82, 2.24) is 4.90 Å². The summed E-state index contributed by atoms with van der Waals surface area (Å²) < 4.78 is 0. The molecule has 1 aromatic rings. The SMILES string of the molecule is C=CC(=O)CCC(C(=O)O)N1C=Cc2ccccc2C1. The fourth-order valence-corrected chi connectivity index (χ4v) is 2.29. The van der Waals surface area contributed by atoms with E-state index < -0.39 is 12.0 Å². The molecule has 1 aromatic carbocycles. The van der Waals surface area contributed by atoms with Crippen LogP contribution < -0.4 is 0 Å². The van der Waals surface area contributed by atoms with Gasteiger partial charge in [-0.1, -0.05) is 30.8 Å². The third-order valence-electron chi connectivity index (χ3n) is 3.43. The van der Waals surface area contributed by atoms with Crippen LogP contribution in [0.1, 0.15) is 24.0 Å². The van der Waals surface area contributed by atoms with Gasteiger partial charge in [0.1, 0.15) is 6.04 Å². The molecule has 1 aliphatic rings. The minimum atomic E-state index is -0.911. The van der Waals surface area contributed by atoms with Gasteiger partial charge < -0.3 is 10.0 Å². The van der Waals surface area contributed by atoms with Crippen molar-refractivity contribution in [3.05, 3.63) is 54.2 Å². The molecule has 0 spiro atoms. The normalized spacial score (nSPS) is 14.5. The molecule has 0 aromatic heterocycles. The predicted molar refractivity (Wildman–Crippen MR) is 76.9 cm³/mol. The highest BCUT2D eigenvalue weighted by Gasteiger charge is 2.25. The molecule has 2 rings (SSSR count). The highest BCUT2D eigenvalue weighted by molar-refractivity contribution is 5.89. The van der Waals surface area contributed by atoms with Gasteiger partial charge in [-0.15, -0.1) is 0 Å². The second-order valence-electron chi connectivity index (χ2n) is 4.75. The topological polar surface area (TPSA) is 57.6 Å². The molecule has 0 saturated carbocycles. The van der Waals surface area contributed by atoms with Crippen molar-refractivity contribution in [1.29, 1.82) is 0 Å². The Hall–Kier alpha value is -2.36. The first-order valence-corrected chi connectivity index (χ1v) is 6.51. The Labute approximate surface area is 118 Å². The first kappa shape index (κ1) is 14.1. The van der Waals surface area contributed by atoms with Gasteiger partial charge in [-0.3, -0.25) is 4.79 Å². The van der Waals surface area contributed by atoms with Gasteiger partial charge in [0, 0.05) is 19.2 Å². The summed E-state index contributed by atoms with van der Waals surface area (Å²) in [6.45, 7) is 3.95. The quantitative estimate of drug-likeness (QED) is 0.807. The van der Waals surface area contributed by atoms with Gasteiger partial charge in [-0.2, -0.15) is 0 Å². The molecule has 0 aliphatic carbocycles. The van der Waals surface area contributed by atoms with Crippen molar-refractivity contribution in [2.24, 2.45) is 0 Å². The molecule has 0 fully saturated rings. The number of rotatable bonds is 6. The van der Waals surface area contributed by atoms with Crippen LogP contribution in [0.2, 0.25) is 0 Å². The molecule has 1 heterocycles. The van der Waals surface area contributed by atoms with Gasteiger partial charge in [-0.05, 0) is 29.7 Å². The zero-order valence-electron chi connectivity index (χ0n) is 11.2. The lowest BCUT2D eigenvalue weighted by atomic mass is 10.0. The molecule has 4 heteroatoms. The number of allylic oxidation sites excluding steroid dienone is 1. The Balaban J connectivity index is 2.10. The summed E-state index contributed by atoms with van der Waals surface area (Å²) in [5, 5.41) is 9.35. The lowest BCUT2D eigenvalue weighted by Crippen LogP contribution is -2.38. The van der Waals surface area contributed by atoms with Crippen LogP contribution in [0.5, 0.6) is 0 Å².